The summed E-state index contributed by atoms with van der Waals surface area (Å²) in [6.45, 7) is 1.72. The number of aryl methyl sites for hydroxylation is 1. The van der Waals surface area contributed by atoms with Gasteiger partial charge in [0.25, 0.3) is 0 Å². The van der Waals surface area contributed by atoms with Crippen molar-refractivity contribution < 1.29 is 8.42 Å². The zero-order chi connectivity index (χ0) is 14.0. The Hall–Kier alpha value is -1.42. The molecule has 2 unspecified atom stereocenters. The molecule has 1 saturated carbocycles. The second-order valence-corrected chi connectivity index (χ2v) is 6.63. The number of nitrogens with one attached hydrogen (secondary N) is 1. The fourth-order valence-electron chi connectivity index (χ4n) is 2.33. The molecule has 0 bridgehead atoms. The van der Waals surface area contributed by atoms with Crippen LogP contribution in [0.2, 0.25) is 0 Å². The van der Waals surface area contributed by atoms with Crippen LogP contribution in [0.15, 0.2) is 23.1 Å². The smallest absolute Gasteiger partial charge is 0.240 e. The Balaban J connectivity index is 2.25. The monoisotopic (exact) mass is 279 g/mol. The van der Waals surface area contributed by atoms with Gasteiger partial charge in [-0.2, -0.15) is 5.26 Å². The van der Waals surface area contributed by atoms with Crippen molar-refractivity contribution in [3.63, 3.8) is 0 Å². The van der Waals surface area contributed by atoms with Gasteiger partial charge in [0.05, 0.1) is 16.5 Å². The average Bonchev–Trinajstić information content (AvgIpc) is 2.74. The van der Waals surface area contributed by atoms with Crippen molar-refractivity contribution in [2.45, 2.75) is 43.2 Å². The second kappa shape index (κ2) is 5.29. The van der Waals surface area contributed by atoms with E-state index in [1.165, 1.54) is 18.2 Å². The topological polar surface area (TPSA) is 96.0 Å². The molecule has 1 aliphatic carbocycles. The lowest BCUT2D eigenvalue weighted by Gasteiger charge is -2.17. The van der Waals surface area contributed by atoms with Crippen LogP contribution in [0.25, 0.3) is 0 Å². The molecule has 0 saturated heterocycles. The van der Waals surface area contributed by atoms with Gasteiger partial charge in [-0.3, -0.25) is 0 Å². The minimum Gasteiger partial charge on any atom is -0.326 e. The minimum absolute atomic E-state index is 0.116. The van der Waals surface area contributed by atoms with E-state index >= 15 is 0 Å². The highest BCUT2D eigenvalue weighted by Gasteiger charge is 2.28. The molecule has 5 nitrogen and oxygen atoms in total. The molecule has 1 aromatic carbocycles. The predicted octanol–water partition coefficient (Wildman–Crippen LogP) is 1.02. The molecule has 1 aromatic rings. The second-order valence-electron chi connectivity index (χ2n) is 4.91. The molecule has 0 radical (unpaired) electrons. The van der Waals surface area contributed by atoms with Crippen LogP contribution < -0.4 is 10.5 Å². The van der Waals surface area contributed by atoms with Crippen LogP contribution in [0.5, 0.6) is 0 Å². The van der Waals surface area contributed by atoms with Gasteiger partial charge in [-0.15, -0.1) is 0 Å². The highest BCUT2D eigenvalue weighted by molar-refractivity contribution is 7.89. The summed E-state index contributed by atoms with van der Waals surface area (Å²) >= 11 is 0. The summed E-state index contributed by atoms with van der Waals surface area (Å²) in [6, 6.07) is 6.20. The lowest BCUT2D eigenvalue weighted by molar-refractivity contribution is 0.522. The summed E-state index contributed by atoms with van der Waals surface area (Å²) in [6.07, 6.45) is 2.57. The molecule has 6 heteroatoms. The van der Waals surface area contributed by atoms with E-state index in [-0.39, 0.29) is 17.0 Å². The van der Waals surface area contributed by atoms with Gasteiger partial charge < -0.3 is 5.73 Å². The number of benzene rings is 1. The first-order valence-electron chi connectivity index (χ1n) is 6.23. The zero-order valence-electron chi connectivity index (χ0n) is 10.8. The predicted molar refractivity (Wildman–Crippen MR) is 71.8 cm³/mol. The molecule has 2 rings (SSSR count). The minimum atomic E-state index is -3.56. The van der Waals surface area contributed by atoms with Gasteiger partial charge in [-0.05, 0) is 43.5 Å². The third kappa shape index (κ3) is 2.95. The lowest BCUT2D eigenvalue weighted by atomic mass is 10.1. The van der Waals surface area contributed by atoms with Crippen LogP contribution >= 0.6 is 0 Å². The molecule has 0 aliphatic heterocycles. The standard InChI is InChI=1S/C13H17N3O2S/c1-9-7-11(6-5-10(9)8-14)19(17,18)16-13-4-2-3-12(13)15/h5-7,12-13,16H,2-4,15H2,1H3. The van der Waals surface area contributed by atoms with Crippen molar-refractivity contribution in [1.29, 1.82) is 5.26 Å². The molecular formula is C13H17N3O2S. The normalized spacial score (nSPS) is 23.2. The maximum atomic E-state index is 12.2. The van der Waals surface area contributed by atoms with Gasteiger partial charge in [0, 0.05) is 12.1 Å². The van der Waals surface area contributed by atoms with Crippen molar-refractivity contribution in [1.82, 2.24) is 4.72 Å². The molecule has 1 fully saturated rings. The van der Waals surface area contributed by atoms with E-state index in [0.717, 1.165) is 19.3 Å². The van der Waals surface area contributed by atoms with Gasteiger partial charge in [-0.1, -0.05) is 6.42 Å². The van der Waals surface area contributed by atoms with Crippen LogP contribution in [0.1, 0.15) is 30.4 Å². The Morgan fingerprint density at radius 1 is 1.42 bits per heavy atom. The van der Waals surface area contributed by atoms with Crippen molar-refractivity contribution in [2.24, 2.45) is 5.73 Å². The van der Waals surface area contributed by atoms with E-state index in [4.69, 9.17) is 11.0 Å². The molecule has 3 N–H and O–H groups in total. The highest BCUT2D eigenvalue weighted by atomic mass is 32.2. The number of sulfonamides is 1. The maximum Gasteiger partial charge on any atom is 0.240 e. The summed E-state index contributed by atoms with van der Waals surface area (Å²) in [5, 5.41) is 8.85. The maximum absolute atomic E-state index is 12.2. The zero-order valence-corrected chi connectivity index (χ0v) is 11.6. The highest BCUT2D eigenvalue weighted by Crippen LogP contribution is 2.21. The summed E-state index contributed by atoms with van der Waals surface area (Å²) in [5.74, 6) is 0. The van der Waals surface area contributed by atoms with Crippen LogP contribution in [-0.2, 0) is 10.0 Å². The van der Waals surface area contributed by atoms with E-state index in [9.17, 15) is 8.42 Å². The van der Waals surface area contributed by atoms with Crippen molar-refractivity contribution in [3.8, 4) is 6.07 Å². The SMILES string of the molecule is Cc1cc(S(=O)(=O)NC2CCCC2N)ccc1C#N. The molecule has 2 atom stereocenters. The molecular weight excluding hydrogens is 262 g/mol. The third-order valence-corrected chi connectivity index (χ3v) is 4.99. The van der Waals surface area contributed by atoms with Gasteiger partial charge in [0.1, 0.15) is 0 Å². The van der Waals surface area contributed by atoms with Crippen molar-refractivity contribution in [2.75, 3.05) is 0 Å². The van der Waals surface area contributed by atoms with Crippen LogP contribution in [0.3, 0.4) is 0 Å². The Bertz CT molecular complexity index is 619. The summed E-state index contributed by atoms with van der Waals surface area (Å²) in [5.41, 5.74) is 7.01. The van der Waals surface area contributed by atoms with E-state index < -0.39 is 10.0 Å². The Labute approximate surface area is 113 Å². The molecule has 0 amide bonds. The first-order valence-corrected chi connectivity index (χ1v) is 7.71. The molecule has 102 valence electrons. The van der Waals surface area contributed by atoms with Gasteiger partial charge in [0.15, 0.2) is 0 Å². The molecule has 0 heterocycles. The van der Waals surface area contributed by atoms with Crippen LogP contribution in [0, 0.1) is 18.3 Å². The lowest BCUT2D eigenvalue weighted by Crippen LogP contribution is -2.43. The first kappa shape index (κ1) is 14.0. The molecule has 0 spiro atoms. The number of nitrogens with zero attached hydrogens (tertiary/aromatic N) is 1. The number of rotatable bonds is 3. The van der Waals surface area contributed by atoms with Gasteiger partial charge >= 0.3 is 0 Å². The van der Waals surface area contributed by atoms with Crippen molar-refractivity contribution >= 4 is 10.0 Å². The largest absolute Gasteiger partial charge is 0.326 e. The van der Waals surface area contributed by atoms with Gasteiger partial charge in [0.2, 0.25) is 10.0 Å². The summed E-state index contributed by atoms with van der Waals surface area (Å²) in [7, 11) is -3.56. The average molecular weight is 279 g/mol. The summed E-state index contributed by atoms with van der Waals surface area (Å²) < 4.78 is 27.1. The Kier molecular flexibility index (Phi) is 3.90. The van der Waals surface area contributed by atoms with E-state index in [2.05, 4.69) is 4.72 Å². The number of hydrogen-bond acceptors (Lipinski definition) is 4. The fourth-order valence-corrected chi connectivity index (χ4v) is 3.74. The van der Waals surface area contributed by atoms with Crippen LogP contribution in [0.4, 0.5) is 0 Å². The van der Waals surface area contributed by atoms with E-state index in [1.807, 2.05) is 6.07 Å². The van der Waals surface area contributed by atoms with E-state index in [0.29, 0.717) is 11.1 Å². The summed E-state index contributed by atoms with van der Waals surface area (Å²) in [4.78, 5) is 0.183. The number of nitriles is 1. The van der Waals surface area contributed by atoms with E-state index in [1.54, 1.807) is 6.92 Å². The Morgan fingerprint density at radius 3 is 2.68 bits per heavy atom. The number of hydrogen-bond donors (Lipinski definition) is 2. The molecule has 0 aromatic heterocycles. The number of nitrogens with two attached hydrogens (primary N) is 1. The quantitative estimate of drug-likeness (QED) is 0.863. The van der Waals surface area contributed by atoms with Crippen LogP contribution in [-0.4, -0.2) is 20.5 Å². The van der Waals surface area contributed by atoms with Gasteiger partial charge in [-0.25, -0.2) is 13.1 Å². The fraction of sp³-hybridized carbons (Fsp3) is 0.462. The van der Waals surface area contributed by atoms with Crippen molar-refractivity contribution in [3.05, 3.63) is 29.3 Å². The Morgan fingerprint density at radius 2 is 2.16 bits per heavy atom. The molecule has 1 aliphatic rings. The first-order chi connectivity index (χ1) is 8.94. The third-order valence-electron chi connectivity index (χ3n) is 3.50. The molecule has 19 heavy (non-hydrogen) atoms.